The molecule has 0 aliphatic carbocycles. The van der Waals surface area contributed by atoms with Gasteiger partial charge < -0.3 is 4.74 Å². The number of hydrogen-bond acceptors (Lipinski definition) is 4. The first-order chi connectivity index (χ1) is 9.78. The Kier molecular flexibility index (Phi) is 5.73. The summed E-state index contributed by atoms with van der Waals surface area (Å²) >= 11 is 0. The van der Waals surface area contributed by atoms with Crippen LogP contribution in [0.3, 0.4) is 0 Å². The number of hydrogen-bond donors (Lipinski definition) is 0. The monoisotopic (exact) mass is 374 g/mol. The lowest BCUT2D eigenvalue weighted by atomic mass is 10.4. The average Bonchev–Trinajstić information content (AvgIpc) is 2.67. The zero-order chi connectivity index (χ0) is 17.2. The Morgan fingerprint density at radius 1 is 1.18 bits per heavy atom. The molecule has 0 radical (unpaired) electrons. The van der Waals surface area contributed by atoms with Crippen molar-refractivity contribution in [2.45, 2.75) is 36.8 Å². The van der Waals surface area contributed by atoms with E-state index >= 15 is 0 Å². The third kappa shape index (κ3) is 6.83. The number of nitrogens with zero attached hydrogens (tertiary/aromatic N) is 2. The second-order valence-electron chi connectivity index (χ2n) is 4.11. The van der Waals surface area contributed by atoms with Crippen LogP contribution in [0.25, 0.3) is 0 Å². The highest BCUT2D eigenvalue weighted by Crippen LogP contribution is 2.24. The Bertz CT molecular complexity index is 610. The van der Waals surface area contributed by atoms with Gasteiger partial charge in [-0.2, -0.15) is 31.4 Å². The van der Waals surface area contributed by atoms with Crippen molar-refractivity contribution in [1.82, 2.24) is 9.78 Å². The molecule has 13 heteroatoms. The quantitative estimate of drug-likeness (QED) is 0.567. The second-order valence-corrected chi connectivity index (χ2v) is 6.65. The summed E-state index contributed by atoms with van der Waals surface area (Å²) in [4.78, 5) is -0.696. The van der Waals surface area contributed by atoms with Gasteiger partial charge in [0.25, 0.3) is 9.05 Å². The number of rotatable bonds is 6. The molecular formula is C9H9ClF6N2O3S. The molecule has 22 heavy (non-hydrogen) atoms. The first-order valence-corrected chi connectivity index (χ1v) is 7.81. The van der Waals surface area contributed by atoms with Crippen molar-refractivity contribution in [1.29, 1.82) is 0 Å². The van der Waals surface area contributed by atoms with Crippen molar-refractivity contribution in [2.75, 3.05) is 6.61 Å². The SMILES string of the molecule is O=S(=O)(Cl)c1cn(CCC(F)(F)F)nc1COCC(F)(F)F. The van der Waals surface area contributed by atoms with E-state index in [0.717, 1.165) is 0 Å². The van der Waals surface area contributed by atoms with Gasteiger partial charge in [0.1, 0.15) is 17.2 Å². The predicted molar refractivity (Wildman–Crippen MR) is 61.6 cm³/mol. The molecule has 0 amide bonds. The number of aryl methyl sites for hydroxylation is 1. The Morgan fingerprint density at radius 2 is 1.77 bits per heavy atom. The van der Waals surface area contributed by atoms with E-state index < -0.39 is 58.2 Å². The van der Waals surface area contributed by atoms with Crippen LogP contribution >= 0.6 is 10.7 Å². The van der Waals surface area contributed by atoms with Crippen LogP contribution in [0.4, 0.5) is 26.3 Å². The van der Waals surface area contributed by atoms with E-state index in [1.54, 1.807) is 0 Å². The summed E-state index contributed by atoms with van der Waals surface area (Å²) in [5, 5.41) is 3.46. The van der Waals surface area contributed by atoms with E-state index in [4.69, 9.17) is 10.7 Å². The number of aromatic nitrogens is 2. The van der Waals surface area contributed by atoms with Crippen LogP contribution in [0.5, 0.6) is 0 Å². The summed E-state index contributed by atoms with van der Waals surface area (Å²) in [5.41, 5.74) is -0.499. The summed E-state index contributed by atoms with van der Waals surface area (Å²) in [6, 6.07) is 0. The fourth-order valence-electron chi connectivity index (χ4n) is 1.37. The van der Waals surface area contributed by atoms with E-state index in [9.17, 15) is 34.8 Å². The van der Waals surface area contributed by atoms with Gasteiger partial charge in [-0.25, -0.2) is 8.42 Å². The van der Waals surface area contributed by atoms with Crippen LogP contribution in [-0.4, -0.2) is 37.2 Å². The molecule has 0 aliphatic heterocycles. The van der Waals surface area contributed by atoms with Crippen LogP contribution in [-0.2, 0) is 26.9 Å². The number of alkyl halides is 6. The van der Waals surface area contributed by atoms with E-state index in [-0.39, 0.29) is 0 Å². The average molecular weight is 375 g/mol. The molecule has 0 bridgehead atoms. The van der Waals surface area contributed by atoms with Crippen molar-refractivity contribution < 1.29 is 39.5 Å². The molecule has 1 rings (SSSR count). The molecular weight excluding hydrogens is 366 g/mol. The van der Waals surface area contributed by atoms with Crippen LogP contribution in [0.1, 0.15) is 12.1 Å². The lowest BCUT2D eigenvalue weighted by molar-refractivity contribution is -0.177. The molecule has 0 atom stereocenters. The van der Waals surface area contributed by atoms with Gasteiger partial charge in [0.15, 0.2) is 0 Å². The molecule has 0 fully saturated rings. The van der Waals surface area contributed by atoms with Crippen molar-refractivity contribution in [3.63, 3.8) is 0 Å². The summed E-state index contributed by atoms with van der Waals surface area (Å²) in [7, 11) is 0.669. The van der Waals surface area contributed by atoms with Crippen LogP contribution in [0.15, 0.2) is 11.1 Å². The molecule has 128 valence electrons. The normalized spacial score (nSPS) is 13.6. The highest BCUT2D eigenvalue weighted by molar-refractivity contribution is 8.13. The Morgan fingerprint density at radius 3 is 2.23 bits per heavy atom. The van der Waals surface area contributed by atoms with Crippen LogP contribution < -0.4 is 0 Å². The molecule has 0 saturated carbocycles. The summed E-state index contributed by atoms with van der Waals surface area (Å²) in [5.74, 6) is 0. The molecule has 0 aliphatic rings. The fourth-order valence-corrected chi connectivity index (χ4v) is 2.38. The second kappa shape index (κ2) is 6.62. The van der Waals surface area contributed by atoms with Gasteiger partial charge in [-0.3, -0.25) is 4.68 Å². The van der Waals surface area contributed by atoms with E-state index in [1.165, 1.54) is 0 Å². The molecule has 0 unspecified atom stereocenters. The van der Waals surface area contributed by atoms with Crippen LogP contribution in [0.2, 0.25) is 0 Å². The van der Waals surface area contributed by atoms with Gasteiger partial charge in [-0.05, 0) is 0 Å². The topological polar surface area (TPSA) is 61.2 Å². The molecule has 0 saturated heterocycles. The molecule has 1 aromatic heterocycles. The Balaban J connectivity index is 2.87. The zero-order valence-electron chi connectivity index (χ0n) is 10.6. The molecule has 1 heterocycles. The lowest BCUT2D eigenvalue weighted by Gasteiger charge is -2.07. The molecule has 5 nitrogen and oxygen atoms in total. The van der Waals surface area contributed by atoms with Crippen molar-refractivity contribution >= 4 is 19.7 Å². The number of ether oxygens (including phenoxy) is 1. The standard InChI is InChI=1S/C9H9ClF6N2O3S/c10-22(19,20)7-3-18(2-1-8(11,12)13)17-6(7)4-21-5-9(14,15)16/h3H,1-2,4-5H2. The van der Waals surface area contributed by atoms with Gasteiger partial charge in [0, 0.05) is 23.4 Å². The third-order valence-electron chi connectivity index (χ3n) is 2.19. The lowest BCUT2D eigenvalue weighted by Crippen LogP contribution is -2.17. The van der Waals surface area contributed by atoms with Gasteiger partial charge in [0.05, 0.1) is 13.0 Å². The Labute approximate surface area is 125 Å². The van der Waals surface area contributed by atoms with Gasteiger partial charge >= 0.3 is 12.4 Å². The maximum atomic E-state index is 12.1. The fraction of sp³-hybridized carbons (Fsp3) is 0.667. The molecule has 0 spiro atoms. The van der Waals surface area contributed by atoms with Crippen molar-refractivity contribution in [3.05, 3.63) is 11.9 Å². The predicted octanol–water partition coefficient (Wildman–Crippen LogP) is 2.84. The smallest absolute Gasteiger partial charge is 0.366 e. The molecule has 0 aromatic carbocycles. The summed E-state index contributed by atoms with van der Waals surface area (Å²) in [6.07, 6.45) is -9.72. The minimum absolute atomic E-state index is 0.499. The Hall–Kier alpha value is -1.01. The largest absolute Gasteiger partial charge is 0.411 e. The van der Waals surface area contributed by atoms with Gasteiger partial charge in [-0.15, -0.1) is 0 Å². The minimum atomic E-state index is -4.64. The first-order valence-electron chi connectivity index (χ1n) is 5.50. The maximum absolute atomic E-state index is 12.1. The molecule has 1 aromatic rings. The maximum Gasteiger partial charge on any atom is 0.411 e. The van der Waals surface area contributed by atoms with Crippen molar-refractivity contribution in [2.24, 2.45) is 0 Å². The first kappa shape index (κ1) is 19.0. The third-order valence-corrected chi connectivity index (χ3v) is 3.56. The van der Waals surface area contributed by atoms with Gasteiger partial charge in [-0.1, -0.05) is 0 Å². The minimum Gasteiger partial charge on any atom is -0.366 e. The number of halogens is 7. The van der Waals surface area contributed by atoms with Crippen LogP contribution in [0, 0.1) is 0 Å². The summed E-state index contributed by atoms with van der Waals surface area (Å²) < 4.78 is 99.4. The zero-order valence-corrected chi connectivity index (χ0v) is 12.2. The van der Waals surface area contributed by atoms with Crippen molar-refractivity contribution in [3.8, 4) is 0 Å². The molecule has 0 N–H and O–H groups in total. The highest BCUT2D eigenvalue weighted by Gasteiger charge is 2.30. The van der Waals surface area contributed by atoms with E-state index in [1.807, 2.05) is 0 Å². The van der Waals surface area contributed by atoms with E-state index in [2.05, 4.69) is 9.84 Å². The van der Waals surface area contributed by atoms with E-state index in [0.29, 0.717) is 10.9 Å². The summed E-state index contributed by atoms with van der Waals surface area (Å²) in [6.45, 7) is -3.23. The highest BCUT2D eigenvalue weighted by atomic mass is 35.7. The van der Waals surface area contributed by atoms with Gasteiger partial charge in [0.2, 0.25) is 0 Å².